The maximum atomic E-state index is 12.7. The van der Waals surface area contributed by atoms with Gasteiger partial charge < -0.3 is 10.2 Å². The Morgan fingerprint density at radius 2 is 1.89 bits per heavy atom. The van der Waals surface area contributed by atoms with Crippen LogP contribution in [0.25, 0.3) is 0 Å². The van der Waals surface area contributed by atoms with Gasteiger partial charge in [-0.25, -0.2) is 13.4 Å². The van der Waals surface area contributed by atoms with Crippen molar-refractivity contribution in [3.8, 4) is 0 Å². The molecule has 1 amide bonds. The van der Waals surface area contributed by atoms with E-state index in [2.05, 4.69) is 10.3 Å². The zero-order chi connectivity index (χ0) is 21.3. The van der Waals surface area contributed by atoms with Gasteiger partial charge in [-0.1, -0.05) is 11.6 Å². The molecule has 2 rings (SSSR count). The predicted octanol–water partition coefficient (Wildman–Crippen LogP) is 2.91. The van der Waals surface area contributed by atoms with Gasteiger partial charge in [-0.05, 0) is 32.8 Å². The fraction of sp³-hybridized carbons (Fsp3) is 0.647. The van der Waals surface area contributed by atoms with Crippen molar-refractivity contribution in [3.63, 3.8) is 0 Å². The van der Waals surface area contributed by atoms with Crippen LogP contribution in [0.5, 0.6) is 0 Å². The van der Waals surface area contributed by atoms with Gasteiger partial charge in [0.25, 0.3) is 0 Å². The number of sulfone groups is 1. The quantitative estimate of drug-likeness (QED) is 0.760. The highest BCUT2D eigenvalue weighted by molar-refractivity contribution is 7.92. The third kappa shape index (κ3) is 5.28. The number of nitrogens with one attached hydrogen (secondary N) is 1. The number of halogens is 4. The number of pyridine rings is 1. The number of amides is 1. The van der Waals surface area contributed by atoms with E-state index in [1.165, 1.54) is 0 Å². The zero-order valence-electron chi connectivity index (χ0n) is 15.8. The smallest absolute Gasteiger partial charge is 0.355 e. The lowest BCUT2D eigenvalue weighted by atomic mass is 9.95. The Kier molecular flexibility index (Phi) is 6.54. The number of piperidine rings is 1. The molecule has 11 heteroatoms. The van der Waals surface area contributed by atoms with Crippen molar-refractivity contribution in [1.82, 2.24) is 10.3 Å². The fourth-order valence-electron chi connectivity index (χ4n) is 2.75. The highest BCUT2D eigenvalue weighted by Crippen LogP contribution is 2.34. The molecule has 1 aromatic rings. The maximum Gasteiger partial charge on any atom is 0.417 e. The van der Waals surface area contributed by atoms with E-state index in [9.17, 15) is 26.4 Å². The van der Waals surface area contributed by atoms with Crippen LogP contribution in [0.1, 0.15) is 32.3 Å². The SMILES string of the molecule is CC(C)(CNC(=O)C1CCN(c2ncc(C(F)(F)F)cc2Cl)CC1)S(C)(=O)=O. The first-order chi connectivity index (χ1) is 12.7. The van der Waals surface area contributed by atoms with Crippen LogP contribution >= 0.6 is 11.6 Å². The van der Waals surface area contributed by atoms with Crippen molar-refractivity contribution < 1.29 is 26.4 Å². The summed E-state index contributed by atoms with van der Waals surface area (Å²) < 4.78 is 60.5. The highest BCUT2D eigenvalue weighted by atomic mass is 35.5. The molecule has 1 aliphatic heterocycles. The first-order valence-electron chi connectivity index (χ1n) is 8.67. The van der Waals surface area contributed by atoms with E-state index in [4.69, 9.17) is 11.6 Å². The standard InChI is InChI=1S/C17H23ClF3N3O3S/c1-16(2,28(3,26)27)10-23-15(25)11-4-6-24(7-5-11)14-13(18)8-12(9-22-14)17(19,20)21/h8-9,11H,4-7,10H2,1-3H3,(H,23,25). The number of carbonyl (C=O) groups is 1. The van der Waals surface area contributed by atoms with Gasteiger partial charge in [-0.2, -0.15) is 13.2 Å². The summed E-state index contributed by atoms with van der Waals surface area (Å²) in [5.41, 5.74) is -0.913. The monoisotopic (exact) mass is 441 g/mol. The van der Waals surface area contributed by atoms with E-state index in [0.717, 1.165) is 18.5 Å². The number of hydrogen-bond donors (Lipinski definition) is 1. The molecule has 28 heavy (non-hydrogen) atoms. The third-order valence-electron chi connectivity index (χ3n) is 5.01. The summed E-state index contributed by atoms with van der Waals surface area (Å²) in [6, 6.07) is 0.843. The van der Waals surface area contributed by atoms with E-state index in [-0.39, 0.29) is 29.2 Å². The molecule has 1 N–H and O–H groups in total. The van der Waals surface area contributed by atoms with Crippen molar-refractivity contribution >= 4 is 33.2 Å². The molecule has 1 saturated heterocycles. The van der Waals surface area contributed by atoms with Crippen LogP contribution in [0.15, 0.2) is 12.3 Å². The molecule has 0 bridgehead atoms. The van der Waals surface area contributed by atoms with Gasteiger partial charge in [0, 0.05) is 38.0 Å². The van der Waals surface area contributed by atoms with Crippen LogP contribution in [0.2, 0.25) is 5.02 Å². The second-order valence-electron chi connectivity index (χ2n) is 7.54. The average molecular weight is 442 g/mol. The van der Waals surface area contributed by atoms with Gasteiger partial charge >= 0.3 is 6.18 Å². The van der Waals surface area contributed by atoms with E-state index >= 15 is 0 Å². The van der Waals surface area contributed by atoms with Crippen molar-refractivity contribution in [2.45, 2.75) is 37.6 Å². The summed E-state index contributed by atoms with van der Waals surface area (Å²) in [6.07, 6.45) is -1.72. The van der Waals surface area contributed by atoms with Crippen molar-refractivity contribution in [1.29, 1.82) is 0 Å². The molecule has 0 aliphatic carbocycles. The Balaban J connectivity index is 1.95. The third-order valence-corrected chi connectivity index (χ3v) is 7.44. The Morgan fingerprint density at radius 3 is 2.36 bits per heavy atom. The minimum absolute atomic E-state index is 0.0111. The number of rotatable bonds is 5. The lowest BCUT2D eigenvalue weighted by Gasteiger charge is -2.33. The first kappa shape index (κ1) is 22.7. The van der Waals surface area contributed by atoms with Gasteiger partial charge in [0.2, 0.25) is 5.91 Å². The first-order valence-corrected chi connectivity index (χ1v) is 10.9. The van der Waals surface area contributed by atoms with Gasteiger partial charge in [0.1, 0.15) is 5.82 Å². The minimum Gasteiger partial charge on any atom is -0.355 e. The summed E-state index contributed by atoms with van der Waals surface area (Å²) >= 11 is 5.97. The van der Waals surface area contributed by atoms with Gasteiger partial charge in [0.05, 0.1) is 15.3 Å². The van der Waals surface area contributed by atoms with E-state index in [1.54, 1.807) is 18.7 Å². The normalized spacial score (nSPS) is 16.9. The van der Waals surface area contributed by atoms with Crippen LogP contribution in [0.4, 0.5) is 19.0 Å². The van der Waals surface area contributed by atoms with E-state index < -0.39 is 26.3 Å². The van der Waals surface area contributed by atoms with Crippen LogP contribution in [-0.4, -0.2) is 49.9 Å². The van der Waals surface area contributed by atoms with E-state index in [0.29, 0.717) is 25.9 Å². The minimum atomic E-state index is -4.51. The largest absolute Gasteiger partial charge is 0.417 e. The Hall–Kier alpha value is -1.55. The maximum absolute atomic E-state index is 12.7. The summed E-state index contributed by atoms with van der Waals surface area (Å²) in [5.74, 6) is -0.283. The summed E-state index contributed by atoms with van der Waals surface area (Å²) in [5, 5.41) is 2.60. The molecule has 2 heterocycles. The Morgan fingerprint density at radius 1 is 1.32 bits per heavy atom. The Bertz CT molecular complexity index is 836. The molecule has 1 aliphatic rings. The molecular weight excluding hydrogens is 419 g/mol. The highest BCUT2D eigenvalue weighted by Gasteiger charge is 2.34. The number of carbonyl (C=O) groups excluding carboxylic acids is 1. The summed E-state index contributed by atoms with van der Waals surface area (Å²) in [4.78, 5) is 17.9. The lowest BCUT2D eigenvalue weighted by molar-refractivity contribution is -0.137. The lowest BCUT2D eigenvalue weighted by Crippen LogP contribution is -2.47. The molecule has 0 radical (unpaired) electrons. The number of anilines is 1. The predicted molar refractivity (Wildman–Crippen MR) is 101 cm³/mol. The molecule has 0 unspecified atom stereocenters. The summed E-state index contributed by atoms with van der Waals surface area (Å²) in [7, 11) is -3.32. The van der Waals surface area contributed by atoms with Crippen molar-refractivity contribution in [2.75, 3.05) is 30.8 Å². The fourth-order valence-corrected chi connectivity index (χ4v) is 3.37. The molecular formula is C17H23ClF3N3O3S. The van der Waals surface area contributed by atoms with Crippen molar-refractivity contribution in [2.24, 2.45) is 5.92 Å². The molecule has 158 valence electrons. The summed E-state index contributed by atoms with van der Waals surface area (Å²) in [6.45, 7) is 3.92. The molecule has 1 aromatic heterocycles. The number of aromatic nitrogens is 1. The van der Waals surface area contributed by atoms with Gasteiger partial charge in [0.15, 0.2) is 9.84 Å². The van der Waals surface area contributed by atoms with Crippen LogP contribution in [0.3, 0.4) is 0 Å². The molecule has 0 atom stereocenters. The van der Waals surface area contributed by atoms with Crippen molar-refractivity contribution in [3.05, 3.63) is 22.8 Å². The zero-order valence-corrected chi connectivity index (χ0v) is 17.4. The second kappa shape index (κ2) is 8.06. The van der Waals surface area contributed by atoms with Crippen LogP contribution in [-0.2, 0) is 20.8 Å². The topological polar surface area (TPSA) is 79.4 Å². The van der Waals surface area contributed by atoms with Gasteiger partial charge in [-0.3, -0.25) is 4.79 Å². The number of alkyl halides is 3. The molecule has 1 fully saturated rings. The average Bonchev–Trinajstić information content (AvgIpc) is 2.58. The number of hydrogen-bond acceptors (Lipinski definition) is 5. The van der Waals surface area contributed by atoms with Gasteiger partial charge in [-0.15, -0.1) is 0 Å². The molecule has 0 aromatic carbocycles. The van der Waals surface area contributed by atoms with E-state index in [1.807, 2.05) is 0 Å². The van der Waals surface area contributed by atoms with Crippen LogP contribution < -0.4 is 10.2 Å². The second-order valence-corrected chi connectivity index (χ2v) is 10.6. The molecule has 0 saturated carbocycles. The molecule has 6 nitrogen and oxygen atoms in total. The molecule has 0 spiro atoms. The number of nitrogens with zero attached hydrogens (tertiary/aromatic N) is 2. The van der Waals surface area contributed by atoms with Crippen LogP contribution in [0, 0.1) is 5.92 Å². The Labute approximate surface area is 167 Å².